The zero-order chi connectivity index (χ0) is 30.4. The summed E-state index contributed by atoms with van der Waals surface area (Å²) in [5, 5.41) is 2.47. The molecule has 0 saturated carbocycles. The van der Waals surface area contributed by atoms with Crippen LogP contribution in [0.3, 0.4) is 0 Å². The Hall–Kier alpha value is -3.93. The molecule has 9 nitrogen and oxygen atoms in total. The van der Waals surface area contributed by atoms with Crippen LogP contribution in [0.25, 0.3) is 32.9 Å². The molecule has 3 aliphatic rings. The lowest BCUT2D eigenvalue weighted by Crippen LogP contribution is -2.49. The number of pyridine rings is 1. The van der Waals surface area contributed by atoms with Crippen molar-refractivity contribution in [1.82, 2.24) is 24.8 Å². The first-order chi connectivity index (χ1) is 21.4. The third kappa shape index (κ3) is 5.33. The Morgan fingerprint density at radius 2 is 1.93 bits per heavy atom. The van der Waals surface area contributed by atoms with E-state index >= 15 is 4.39 Å². The predicted octanol–water partition coefficient (Wildman–Crippen LogP) is 5.01. The standard InChI is InChI=1S/C32H31ClF2N6O3/c1-19(34)31(42)40-12-10-39(11-13-40)30-24-16-36-28(23-7-2-5-20-6-3-8-25(33)26(20)23)27(35)29(24)37-32(38-30)43-14-4-9-41-17-22-15-21(41)18-44-22/h2-3,5-8,16,21-22H,1,4,9-15,17-18H2/t21-,22-/m0/s1. The number of carbonyl (C=O) groups excluding carboxylic acids is 1. The highest BCUT2D eigenvalue weighted by Gasteiger charge is 2.38. The fourth-order valence-electron chi connectivity index (χ4n) is 6.48. The van der Waals surface area contributed by atoms with Crippen LogP contribution in [0.5, 0.6) is 6.01 Å². The number of morpholine rings is 1. The predicted molar refractivity (Wildman–Crippen MR) is 164 cm³/mol. The van der Waals surface area contributed by atoms with Gasteiger partial charge in [0.1, 0.15) is 17.0 Å². The van der Waals surface area contributed by atoms with Gasteiger partial charge in [0.05, 0.1) is 24.7 Å². The Kier molecular flexibility index (Phi) is 7.77. The molecule has 2 atom stereocenters. The summed E-state index contributed by atoms with van der Waals surface area (Å²) in [5.41, 5.74) is 0.747. The van der Waals surface area contributed by atoms with Crippen LogP contribution in [0, 0.1) is 5.82 Å². The van der Waals surface area contributed by atoms with Gasteiger partial charge < -0.3 is 19.3 Å². The monoisotopic (exact) mass is 620 g/mol. The third-order valence-corrected chi connectivity index (χ3v) is 9.00. The number of aromatic nitrogens is 3. The lowest BCUT2D eigenvalue weighted by Gasteiger charge is -2.35. The number of likely N-dealkylation sites (tertiary alicyclic amines) is 1. The molecular weight excluding hydrogens is 590 g/mol. The Bertz CT molecular complexity index is 1760. The molecule has 5 heterocycles. The highest BCUT2D eigenvalue weighted by Crippen LogP contribution is 2.37. The van der Waals surface area contributed by atoms with E-state index in [0.29, 0.717) is 59.0 Å². The highest BCUT2D eigenvalue weighted by atomic mass is 35.5. The number of nitrogens with zero attached hydrogens (tertiary/aromatic N) is 6. The molecule has 2 aromatic heterocycles. The van der Waals surface area contributed by atoms with Crippen molar-refractivity contribution in [2.75, 3.05) is 57.4 Å². The summed E-state index contributed by atoms with van der Waals surface area (Å²) < 4.78 is 41.7. The summed E-state index contributed by atoms with van der Waals surface area (Å²) in [5.74, 6) is -1.90. The molecule has 0 N–H and O–H groups in total. The maximum Gasteiger partial charge on any atom is 0.319 e. The summed E-state index contributed by atoms with van der Waals surface area (Å²) in [6.07, 6.45) is 3.72. The van der Waals surface area contributed by atoms with Crippen LogP contribution in [0.4, 0.5) is 14.6 Å². The number of halogens is 3. The van der Waals surface area contributed by atoms with Gasteiger partial charge in [-0.1, -0.05) is 48.5 Å². The van der Waals surface area contributed by atoms with Crippen LogP contribution in [-0.2, 0) is 9.53 Å². The van der Waals surface area contributed by atoms with Crippen molar-refractivity contribution in [2.45, 2.75) is 25.0 Å². The minimum Gasteiger partial charge on any atom is -0.463 e. The Morgan fingerprint density at radius 3 is 2.66 bits per heavy atom. The zero-order valence-electron chi connectivity index (χ0n) is 24.0. The van der Waals surface area contributed by atoms with Crippen LogP contribution in [0.2, 0.25) is 5.02 Å². The second-order valence-corrected chi connectivity index (χ2v) is 11.8. The van der Waals surface area contributed by atoms with E-state index in [1.807, 2.05) is 29.2 Å². The molecule has 2 bridgehead atoms. The van der Waals surface area contributed by atoms with E-state index < -0.39 is 17.6 Å². The van der Waals surface area contributed by atoms with E-state index in [9.17, 15) is 9.18 Å². The lowest BCUT2D eigenvalue weighted by molar-refractivity contribution is -0.128. The molecule has 3 aliphatic heterocycles. The summed E-state index contributed by atoms with van der Waals surface area (Å²) in [6, 6.07) is 11.6. The number of piperazine rings is 1. The Balaban J connectivity index is 1.21. The minimum atomic E-state index is -0.997. The molecule has 228 valence electrons. The van der Waals surface area contributed by atoms with Crippen LogP contribution in [0.15, 0.2) is 55.0 Å². The maximum atomic E-state index is 16.5. The molecule has 44 heavy (non-hydrogen) atoms. The molecule has 7 rings (SSSR count). The van der Waals surface area contributed by atoms with Crippen LogP contribution in [0.1, 0.15) is 12.8 Å². The molecule has 0 unspecified atom stereocenters. The number of hydrogen-bond donors (Lipinski definition) is 0. The number of fused-ring (bicyclic) bond motifs is 4. The quantitative estimate of drug-likeness (QED) is 0.201. The van der Waals surface area contributed by atoms with E-state index in [2.05, 4.69) is 26.4 Å². The second-order valence-electron chi connectivity index (χ2n) is 11.4. The fraction of sp³-hybridized carbons (Fsp3) is 0.375. The van der Waals surface area contributed by atoms with E-state index in [0.717, 1.165) is 37.9 Å². The summed E-state index contributed by atoms with van der Waals surface area (Å²) in [7, 11) is 0. The lowest BCUT2D eigenvalue weighted by atomic mass is 10.0. The van der Waals surface area contributed by atoms with Crippen molar-refractivity contribution in [1.29, 1.82) is 0 Å². The summed E-state index contributed by atoms with van der Waals surface area (Å²) in [4.78, 5) is 31.6. The molecule has 2 aromatic carbocycles. The number of benzene rings is 2. The molecule has 1 amide bonds. The van der Waals surface area contributed by atoms with Gasteiger partial charge in [0.2, 0.25) is 0 Å². The van der Waals surface area contributed by atoms with Gasteiger partial charge in [-0.25, -0.2) is 8.78 Å². The van der Waals surface area contributed by atoms with Crippen molar-refractivity contribution in [3.05, 3.63) is 65.8 Å². The maximum absolute atomic E-state index is 16.5. The van der Waals surface area contributed by atoms with Gasteiger partial charge in [0.15, 0.2) is 11.6 Å². The number of amides is 1. The van der Waals surface area contributed by atoms with Gasteiger partial charge in [-0.15, -0.1) is 0 Å². The van der Waals surface area contributed by atoms with Gasteiger partial charge in [-0.3, -0.25) is 14.7 Å². The van der Waals surface area contributed by atoms with E-state index in [-0.39, 0.29) is 30.3 Å². The molecule has 3 fully saturated rings. The largest absolute Gasteiger partial charge is 0.463 e. The van der Waals surface area contributed by atoms with E-state index in [1.54, 1.807) is 18.3 Å². The van der Waals surface area contributed by atoms with Crippen LogP contribution < -0.4 is 9.64 Å². The molecule has 0 radical (unpaired) electrons. The van der Waals surface area contributed by atoms with Crippen molar-refractivity contribution < 1.29 is 23.0 Å². The summed E-state index contributed by atoms with van der Waals surface area (Å²) in [6.45, 7) is 7.28. The first-order valence-corrected chi connectivity index (χ1v) is 15.2. The van der Waals surface area contributed by atoms with Crippen LogP contribution in [-0.4, -0.2) is 95.3 Å². The van der Waals surface area contributed by atoms with E-state index in [4.69, 9.17) is 21.1 Å². The highest BCUT2D eigenvalue weighted by molar-refractivity contribution is 6.36. The average Bonchev–Trinajstić information content (AvgIpc) is 3.67. The molecule has 4 aromatic rings. The molecule has 0 spiro atoms. The van der Waals surface area contributed by atoms with Crippen molar-refractivity contribution in [3.63, 3.8) is 0 Å². The normalized spacial score (nSPS) is 20.2. The number of ether oxygens (including phenoxy) is 2. The minimum absolute atomic E-state index is 0.0569. The second kappa shape index (κ2) is 11.9. The molecule has 3 saturated heterocycles. The topological polar surface area (TPSA) is 83.9 Å². The Morgan fingerprint density at radius 1 is 1.14 bits per heavy atom. The first-order valence-electron chi connectivity index (χ1n) is 14.8. The zero-order valence-corrected chi connectivity index (χ0v) is 24.8. The van der Waals surface area contributed by atoms with Gasteiger partial charge >= 0.3 is 6.01 Å². The van der Waals surface area contributed by atoms with Crippen molar-refractivity contribution >= 4 is 45.0 Å². The number of rotatable bonds is 8. The smallest absolute Gasteiger partial charge is 0.319 e. The fourth-order valence-corrected chi connectivity index (χ4v) is 6.77. The van der Waals surface area contributed by atoms with Crippen LogP contribution >= 0.6 is 11.6 Å². The average molecular weight is 621 g/mol. The van der Waals surface area contributed by atoms with Gasteiger partial charge in [-0.2, -0.15) is 9.97 Å². The van der Waals surface area contributed by atoms with Gasteiger partial charge in [0.25, 0.3) is 5.91 Å². The number of hydrogen-bond acceptors (Lipinski definition) is 8. The molecular formula is C32H31ClF2N6O3. The van der Waals surface area contributed by atoms with Crippen molar-refractivity contribution in [3.8, 4) is 17.3 Å². The first kappa shape index (κ1) is 28.8. The molecule has 0 aliphatic carbocycles. The SMILES string of the molecule is C=C(F)C(=O)N1CCN(c2nc(OCCCN3C[C@@H]4C[C@H]3CO4)nc3c(F)c(-c4cccc5cccc(Cl)c45)ncc23)CC1. The van der Waals surface area contributed by atoms with Crippen molar-refractivity contribution in [2.24, 2.45) is 0 Å². The number of carbonyl (C=O) groups is 1. The van der Waals surface area contributed by atoms with Gasteiger partial charge in [-0.05, 0) is 24.3 Å². The van der Waals surface area contributed by atoms with Gasteiger partial charge in [0, 0.05) is 67.5 Å². The van der Waals surface area contributed by atoms with E-state index in [1.165, 1.54) is 4.90 Å². The summed E-state index contributed by atoms with van der Waals surface area (Å²) >= 11 is 6.56. The Labute approximate surface area is 258 Å². The number of anilines is 1. The third-order valence-electron chi connectivity index (χ3n) is 8.69. The molecule has 12 heteroatoms.